The summed E-state index contributed by atoms with van der Waals surface area (Å²) < 4.78 is 0. The van der Waals surface area contributed by atoms with E-state index in [4.69, 9.17) is 0 Å². The number of hydrogen-bond donors (Lipinski definition) is 2. The van der Waals surface area contributed by atoms with Crippen molar-refractivity contribution >= 4 is 5.97 Å². The largest absolute Gasteiger partial charge is 0.481 e. The zero-order valence-electron chi connectivity index (χ0n) is 19.9. The molecule has 0 saturated heterocycles. The molecule has 0 amide bonds. The normalized spacial score (nSPS) is 13.2. The number of unbranched alkanes of at least 4 members (excludes halogenated alkanes) is 1. The summed E-state index contributed by atoms with van der Waals surface area (Å²) in [6.07, 6.45) is 4.33. The molecule has 3 aromatic rings. The van der Waals surface area contributed by atoms with Gasteiger partial charge in [-0.25, -0.2) is 0 Å². The van der Waals surface area contributed by atoms with Gasteiger partial charge < -0.3 is 10.0 Å². The van der Waals surface area contributed by atoms with E-state index >= 15 is 0 Å². The van der Waals surface area contributed by atoms with E-state index in [9.17, 15) is 9.90 Å². The van der Waals surface area contributed by atoms with Crippen molar-refractivity contribution in [3.05, 3.63) is 65.5 Å². The summed E-state index contributed by atoms with van der Waals surface area (Å²) in [4.78, 5) is 14.3. The van der Waals surface area contributed by atoms with Crippen molar-refractivity contribution < 1.29 is 9.90 Å². The Morgan fingerprint density at radius 2 is 1.85 bits per heavy atom. The van der Waals surface area contributed by atoms with E-state index in [1.54, 1.807) is 0 Å². The molecule has 0 radical (unpaired) electrons. The molecule has 7 heteroatoms. The Bertz CT molecular complexity index is 988. The van der Waals surface area contributed by atoms with Gasteiger partial charge in [-0.15, -0.1) is 10.2 Å². The molecule has 0 aliphatic heterocycles. The summed E-state index contributed by atoms with van der Waals surface area (Å²) in [5, 5.41) is 24.1. The fourth-order valence-corrected chi connectivity index (χ4v) is 4.30. The first-order chi connectivity index (χ1) is 16.0. The first-order valence-electron chi connectivity index (χ1n) is 11.8. The number of carboxylic acids is 1. The van der Waals surface area contributed by atoms with Crippen molar-refractivity contribution in [3.8, 4) is 11.1 Å². The average Bonchev–Trinajstić information content (AvgIpc) is 3.35. The standard InChI is InChI=1S/C26H35N5O2/c1-4-6-15-31(3)18-20-9-7-10-22(16-20)21-13-11-19(12-14-21)17-24(25-27-29-30-28-25)23(8-5-2)26(32)33/h7,9-14,16,23-24H,4-6,8,15,17-18H2,1-3H3,(H,32,33)(H,27,28,29,30)/t23-,24-/m0/s1. The van der Waals surface area contributed by atoms with Crippen LogP contribution in [0.25, 0.3) is 11.1 Å². The molecule has 2 N–H and O–H groups in total. The molecular weight excluding hydrogens is 414 g/mol. The van der Waals surface area contributed by atoms with Crippen LogP contribution in [0.3, 0.4) is 0 Å². The second-order valence-corrected chi connectivity index (χ2v) is 8.80. The van der Waals surface area contributed by atoms with Crippen molar-refractivity contribution in [3.63, 3.8) is 0 Å². The molecule has 1 heterocycles. The van der Waals surface area contributed by atoms with Gasteiger partial charge in [-0.05, 0) is 61.2 Å². The lowest BCUT2D eigenvalue weighted by molar-refractivity contribution is -0.142. The van der Waals surface area contributed by atoms with Crippen LogP contribution in [0.1, 0.15) is 62.4 Å². The van der Waals surface area contributed by atoms with E-state index < -0.39 is 11.9 Å². The zero-order chi connectivity index (χ0) is 23.6. The van der Waals surface area contributed by atoms with E-state index in [1.165, 1.54) is 24.0 Å². The van der Waals surface area contributed by atoms with Gasteiger partial charge in [-0.3, -0.25) is 4.79 Å². The lowest BCUT2D eigenvalue weighted by Crippen LogP contribution is -2.25. The maximum atomic E-state index is 11.9. The van der Waals surface area contributed by atoms with Crippen LogP contribution >= 0.6 is 0 Å². The van der Waals surface area contributed by atoms with Gasteiger partial charge >= 0.3 is 5.97 Å². The molecule has 0 aliphatic rings. The highest BCUT2D eigenvalue weighted by Crippen LogP contribution is 2.31. The highest BCUT2D eigenvalue weighted by atomic mass is 16.4. The van der Waals surface area contributed by atoms with Gasteiger partial charge in [0.05, 0.1) is 5.92 Å². The van der Waals surface area contributed by atoms with Gasteiger partial charge in [0.15, 0.2) is 5.82 Å². The fourth-order valence-electron chi connectivity index (χ4n) is 4.30. The summed E-state index contributed by atoms with van der Waals surface area (Å²) in [7, 11) is 2.17. The lowest BCUT2D eigenvalue weighted by Gasteiger charge is -2.21. The van der Waals surface area contributed by atoms with Crippen LogP contribution in [0.5, 0.6) is 0 Å². The summed E-state index contributed by atoms with van der Waals surface area (Å²) in [5.41, 5.74) is 4.70. The number of hydrogen-bond acceptors (Lipinski definition) is 5. The summed E-state index contributed by atoms with van der Waals surface area (Å²) in [6.45, 7) is 6.25. The minimum absolute atomic E-state index is 0.325. The summed E-state index contributed by atoms with van der Waals surface area (Å²) >= 11 is 0. The zero-order valence-corrected chi connectivity index (χ0v) is 19.9. The third-order valence-corrected chi connectivity index (χ3v) is 6.11. The van der Waals surface area contributed by atoms with Crippen LogP contribution in [-0.2, 0) is 17.8 Å². The number of rotatable bonds is 13. The molecule has 0 saturated carbocycles. The molecule has 3 rings (SSSR count). The molecule has 33 heavy (non-hydrogen) atoms. The minimum Gasteiger partial charge on any atom is -0.481 e. The maximum absolute atomic E-state index is 11.9. The number of carboxylic acid groups (broad SMARTS) is 1. The Morgan fingerprint density at radius 1 is 1.06 bits per heavy atom. The minimum atomic E-state index is -0.816. The smallest absolute Gasteiger partial charge is 0.307 e. The quantitative estimate of drug-likeness (QED) is 0.384. The van der Waals surface area contributed by atoms with Crippen molar-refractivity contribution in [1.82, 2.24) is 25.5 Å². The Labute approximate surface area is 196 Å². The second kappa shape index (κ2) is 12.3. The first kappa shape index (κ1) is 24.6. The van der Waals surface area contributed by atoms with Gasteiger partial charge in [-0.2, -0.15) is 5.21 Å². The molecule has 0 unspecified atom stereocenters. The van der Waals surface area contributed by atoms with Crippen LogP contribution < -0.4 is 0 Å². The van der Waals surface area contributed by atoms with Crippen LogP contribution in [0.4, 0.5) is 0 Å². The molecule has 1 aromatic heterocycles. The highest BCUT2D eigenvalue weighted by Gasteiger charge is 2.31. The lowest BCUT2D eigenvalue weighted by atomic mass is 9.83. The van der Waals surface area contributed by atoms with Gasteiger partial charge in [0.25, 0.3) is 0 Å². The SMILES string of the molecule is CCCCN(C)Cc1cccc(-c2ccc(C[C@H](c3nn[nH]n3)[C@H](CCC)C(=O)O)cc2)c1. The molecule has 2 atom stereocenters. The average molecular weight is 450 g/mol. The molecular formula is C26H35N5O2. The third kappa shape index (κ3) is 6.96. The van der Waals surface area contributed by atoms with Crippen molar-refractivity contribution in [1.29, 1.82) is 0 Å². The van der Waals surface area contributed by atoms with Crippen LogP contribution in [0, 0.1) is 5.92 Å². The number of nitrogens with zero attached hydrogens (tertiary/aromatic N) is 4. The monoisotopic (exact) mass is 449 g/mol. The molecule has 176 valence electrons. The number of tetrazole rings is 1. The number of aromatic nitrogens is 4. The van der Waals surface area contributed by atoms with E-state index in [-0.39, 0.29) is 5.92 Å². The van der Waals surface area contributed by atoms with Gasteiger partial charge in [0, 0.05) is 12.5 Å². The predicted molar refractivity (Wildman–Crippen MR) is 130 cm³/mol. The Morgan fingerprint density at radius 3 is 2.48 bits per heavy atom. The number of carbonyl (C=O) groups is 1. The predicted octanol–water partition coefficient (Wildman–Crippen LogP) is 4.93. The third-order valence-electron chi connectivity index (χ3n) is 6.11. The Balaban J connectivity index is 1.75. The highest BCUT2D eigenvalue weighted by molar-refractivity contribution is 5.71. The van der Waals surface area contributed by atoms with E-state index in [0.717, 1.165) is 30.6 Å². The van der Waals surface area contributed by atoms with E-state index in [2.05, 4.69) is 88.0 Å². The van der Waals surface area contributed by atoms with Gasteiger partial charge in [-0.1, -0.05) is 74.4 Å². The van der Waals surface area contributed by atoms with Crippen molar-refractivity contribution in [2.24, 2.45) is 5.92 Å². The van der Waals surface area contributed by atoms with E-state index in [1.807, 2.05) is 6.92 Å². The number of H-pyrrole nitrogens is 1. The van der Waals surface area contributed by atoms with Crippen molar-refractivity contribution in [2.45, 2.75) is 58.4 Å². The molecule has 0 fully saturated rings. The number of nitrogens with one attached hydrogen (secondary N) is 1. The molecule has 2 aromatic carbocycles. The van der Waals surface area contributed by atoms with Crippen LogP contribution in [0.15, 0.2) is 48.5 Å². The van der Waals surface area contributed by atoms with Gasteiger partial charge in [0.1, 0.15) is 0 Å². The summed E-state index contributed by atoms with van der Waals surface area (Å²) in [5.74, 6) is -1.23. The van der Waals surface area contributed by atoms with Crippen LogP contribution in [-0.4, -0.2) is 50.2 Å². The first-order valence-corrected chi connectivity index (χ1v) is 11.8. The molecule has 0 aliphatic carbocycles. The number of benzene rings is 2. The second-order valence-electron chi connectivity index (χ2n) is 8.80. The number of aromatic amines is 1. The molecule has 0 spiro atoms. The maximum Gasteiger partial charge on any atom is 0.307 e. The van der Waals surface area contributed by atoms with Gasteiger partial charge in [0.2, 0.25) is 0 Å². The van der Waals surface area contributed by atoms with Crippen LogP contribution in [0.2, 0.25) is 0 Å². The Kier molecular flexibility index (Phi) is 9.13. The topological polar surface area (TPSA) is 95.0 Å². The summed E-state index contributed by atoms with van der Waals surface area (Å²) in [6, 6.07) is 17.0. The molecule has 7 nitrogen and oxygen atoms in total. The van der Waals surface area contributed by atoms with E-state index in [0.29, 0.717) is 18.7 Å². The Hall–Kier alpha value is -3.06. The van der Waals surface area contributed by atoms with Crippen molar-refractivity contribution in [2.75, 3.05) is 13.6 Å². The number of aliphatic carboxylic acids is 1. The fraction of sp³-hybridized carbons (Fsp3) is 0.462. The molecule has 0 bridgehead atoms.